The van der Waals surface area contributed by atoms with Gasteiger partial charge in [-0.25, -0.2) is 4.39 Å². The zero-order valence-corrected chi connectivity index (χ0v) is 14.0. The summed E-state index contributed by atoms with van der Waals surface area (Å²) in [5, 5.41) is 2.68. The SMILES string of the molecule is Cc1cccc(NC(=O)Cn2ccn(-c3ccc(F)cc3)c(=O)c2=O)c1. The van der Waals surface area contributed by atoms with E-state index in [4.69, 9.17) is 0 Å². The fraction of sp³-hybridized carbons (Fsp3) is 0.105. The molecule has 0 atom stereocenters. The van der Waals surface area contributed by atoms with Crippen molar-refractivity contribution in [2.75, 3.05) is 5.32 Å². The largest absolute Gasteiger partial charge is 0.325 e. The highest BCUT2D eigenvalue weighted by molar-refractivity contribution is 5.90. The number of anilines is 1. The van der Waals surface area contributed by atoms with Gasteiger partial charge in [0.05, 0.1) is 0 Å². The predicted molar refractivity (Wildman–Crippen MR) is 96.1 cm³/mol. The standard InChI is InChI=1S/C19H16FN3O3/c1-13-3-2-4-15(11-13)21-17(24)12-22-9-10-23(19(26)18(22)25)16-7-5-14(20)6-8-16/h2-11H,12H2,1H3,(H,21,24). The quantitative estimate of drug-likeness (QED) is 0.730. The number of halogens is 1. The predicted octanol–water partition coefficient (Wildman–Crippen LogP) is 2.09. The number of hydrogen-bond acceptors (Lipinski definition) is 3. The number of nitrogens with zero attached hydrogens (tertiary/aromatic N) is 2. The van der Waals surface area contributed by atoms with Crippen LogP contribution in [0.1, 0.15) is 5.56 Å². The second-order valence-electron chi connectivity index (χ2n) is 5.80. The summed E-state index contributed by atoms with van der Waals surface area (Å²) in [6.07, 6.45) is 2.72. The van der Waals surface area contributed by atoms with E-state index in [9.17, 15) is 18.8 Å². The number of benzene rings is 2. The van der Waals surface area contributed by atoms with Crippen LogP contribution in [-0.2, 0) is 11.3 Å². The fourth-order valence-corrected chi connectivity index (χ4v) is 2.52. The van der Waals surface area contributed by atoms with Gasteiger partial charge in [0.2, 0.25) is 5.91 Å². The number of hydrogen-bond donors (Lipinski definition) is 1. The smallest absolute Gasteiger partial charge is 0.320 e. The third kappa shape index (κ3) is 3.77. The third-order valence-electron chi connectivity index (χ3n) is 3.78. The van der Waals surface area contributed by atoms with Gasteiger partial charge in [-0.15, -0.1) is 0 Å². The van der Waals surface area contributed by atoms with Crippen LogP contribution < -0.4 is 16.4 Å². The number of amides is 1. The van der Waals surface area contributed by atoms with Crippen molar-refractivity contribution >= 4 is 11.6 Å². The van der Waals surface area contributed by atoms with E-state index in [1.165, 1.54) is 36.7 Å². The molecule has 0 unspecified atom stereocenters. The maximum Gasteiger partial charge on any atom is 0.320 e. The van der Waals surface area contributed by atoms with Crippen LogP contribution >= 0.6 is 0 Å². The van der Waals surface area contributed by atoms with Crippen LogP contribution in [0.25, 0.3) is 5.69 Å². The lowest BCUT2D eigenvalue weighted by Crippen LogP contribution is -2.41. The zero-order chi connectivity index (χ0) is 18.7. The summed E-state index contributed by atoms with van der Waals surface area (Å²) in [7, 11) is 0. The molecule has 0 bridgehead atoms. The number of rotatable bonds is 4. The van der Waals surface area contributed by atoms with Gasteiger partial charge in [0, 0.05) is 23.8 Å². The van der Waals surface area contributed by atoms with E-state index < -0.39 is 22.8 Å². The van der Waals surface area contributed by atoms with Crippen LogP contribution in [0.4, 0.5) is 10.1 Å². The summed E-state index contributed by atoms with van der Waals surface area (Å²) in [5.41, 5.74) is 0.313. The molecule has 0 aliphatic heterocycles. The van der Waals surface area contributed by atoms with Crippen LogP contribution in [0.2, 0.25) is 0 Å². The molecule has 1 amide bonds. The summed E-state index contributed by atoms with van der Waals surface area (Å²) in [4.78, 5) is 36.6. The molecule has 7 heteroatoms. The number of aryl methyl sites for hydroxylation is 1. The Bertz CT molecular complexity index is 1070. The molecule has 0 radical (unpaired) electrons. The average Bonchev–Trinajstić information content (AvgIpc) is 2.60. The molecule has 3 rings (SSSR count). The molecule has 2 aromatic carbocycles. The number of nitrogens with one attached hydrogen (secondary N) is 1. The molecule has 1 N–H and O–H groups in total. The topological polar surface area (TPSA) is 73.1 Å². The molecule has 0 aliphatic rings. The number of carbonyl (C=O) groups is 1. The first-order valence-corrected chi connectivity index (χ1v) is 7.88. The molecule has 3 aromatic rings. The summed E-state index contributed by atoms with van der Waals surface area (Å²) >= 11 is 0. The molecule has 1 aromatic heterocycles. The lowest BCUT2D eigenvalue weighted by Gasteiger charge is -2.10. The minimum Gasteiger partial charge on any atom is -0.325 e. The van der Waals surface area contributed by atoms with E-state index in [1.807, 2.05) is 13.0 Å². The Hall–Kier alpha value is -3.48. The lowest BCUT2D eigenvalue weighted by molar-refractivity contribution is -0.116. The van der Waals surface area contributed by atoms with E-state index in [-0.39, 0.29) is 6.54 Å². The molecule has 1 heterocycles. The van der Waals surface area contributed by atoms with Gasteiger partial charge in [-0.05, 0) is 48.9 Å². The Morgan fingerprint density at radius 1 is 1.04 bits per heavy atom. The van der Waals surface area contributed by atoms with Gasteiger partial charge >= 0.3 is 11.1 Å². The second-order valence-corrected chi connectivity index (χ2v) is 5.80. The molecule has 0 spiro atoms. The van der Waals surface area contributed by atoms with Crippen molar-refractivity contribution in [2.24, 2.45) is 0 Å². The summed E-state index contributed by atoms with van der Waals surface area (Å²) < 4.78 is 15.1. The van der Waals surface area contributed by atoms with E-state index in [0.29, 0.717) is 11.4 Å². The molecule has 0 saturated heterocycles. The molecular weight excluding hydrogens is 337 g/mol. The zero-order valence-electron chi connectivity index (χ0n) is 14.0. The Kier molecular flexibility index (Phi) is 4.79. The van der Waals surface area contributed by atoms with Gasteiger partial charge in [0.15, 0.2) is 0 Å². The fourth-order valence-electron chi connectivity index (χ4n) is 2.52. The van der Waals surface area contributed by atoms with E-state index in [1.54, 1.807) is 18.2 Å². The van der Waals surface area contributed by atoms with Crippen molar-refractivity contribution in [3.8, 4) is 5.69 Å². The van der Waals surface area contributed by atoms with Crippen molar-refractivity contribution < 1.29 is 9.18 Å². The van der Waals surface area contributed by atoms with Gasteiger partial charge in [-0.1, -0.05) is 12.1 Å². The first kappa shape index (κ1) is 17.3. The van der Waals surface area contributed by atoms with Gasteiger partial charge in [0.25, 0.3) is 0 Å². The van der Waals surface area contributed by atoms with E-state index >= 15 is 0 Å². The van der Waals surface area contributed by atoms with Crippen LogP contribution in [0.15, 0.2) is 70.5 Å². The minimum atomic E-state index is -0.837. The lowest BCUT2D eigenvalue weighted by atomic mass is 10.2. The van der Waals surface area contributed by atoms with Crippen molar-refractivity contribution in [1.29, 1.82) is 0 Å². The second kappa shape index (κ2) is 7.18. The van der Waals surface area contributed by atoms with Crippen LogP contribution in [0, 0.1) is 12.7 Å². The van der Waals surface area contributed by atoms with Crippen molar-refractivity contribution in [2.45, 2.75) is 13.5 Å². The molecule has 0 aliphatic carbocycles. The van der Waals surface area contributed by atoms with Gasteiger partial charge < -0.3 is 5.32 Å². The highest BCUT2D eigenvalue weighted by Gasteiger charge is 2.10. The number of aromatic nitrogens is 2. The summed E-state index contributed by atoms with van der Waals surface area (Å²) in [6.45, 7) is 1.61. The Morgan fingerprint density at radius 2 is 1.77 bits per heavy atom. The average molecular weight is 353 g/mol. The monoisotopic (exact) mass is 353 g/mol. The summed E-state index contributed by atoms with van der Waals surface area (Å²) in [6, 6.07) is 12.4. The highest BCUT2D eigenvalue weighted by atomic mass is 19.1. The maximum absolute atomic E-state index is 13.0. The molecule has 0 saturated carbocycles. The molecule has 6 nitrogen and oxygen atoms in total. The highest BCUT2D eigenvalue weighted by Crippen LogP contribution is 2.09. The Labute approximate surface area is 148 Å². The minimum absolute atomic E-state index is 0.285. The van der Waals surface area contributed by atoms with Crippen molar-refractivity contribution in [3.63, 3.8) is 0 Å². The summed E-state index contributed by atoms with van der Waals surface area (Å²) in [5.74, 6) is -0.861. The molecular formula is C19H16FN3O3. The molecule has 132 valence electrons. The van der Waals surface area contributed by atoms with Crippen molar-refractivity contribution in [1.82, 2.24) is 9.13 Å². The first-order valence-electron chi connectivity index (χ1n) is 7.88. The number of carbonyl (C=O) groups excluding carboxylic acids is 1. The van der Waals surface area contributed by atoms with Gasteiger partial charge in [0.1, 0.15) is 12.4 Å². The van der Waals surface area contributed by atoms with Crippen LogP contribution in [0.3, 0.4) is 0 Å². The Morgan fingerprint density at radius 3 is 2.46 bits per heavy atom. The van der Waals surface area contributed by atoms with E-state index in [0.717, 1.165) is 14.7 Å². The van der Waals surface area contributed by atoms with Gasteiger partial charge in [-0.3, -0.25) is 23.5 Å². The maximum atomic E-state index is 13.0. The normalized spacial score (nSPS) is 10.5. The van der Waals surface area contributed by atoms with Crippen LogP contribution in [-0.4, -0.2) is 15.0 Å². The van der Waals surface area contributed by atoms with Crippen molar-refractivity contribution in [3.05, 3.63) is 93.0 Å². The first-order chi connectivity index (χ1) is 12.4. The molecule has 26 heavy (non-hydrogen) atoms. The molecule has 0 fully saturated rings. The van der Waals surface area contributed by atoms with Gasteiger partial charge in [-0.2, -0.15) is 0 Å². The van der Waals surface area contributed by atoms with E-state index in [2.05, 4.69) is 5.32 Å². The third-order valence-corrected chi connectivity index (χ3v) is 3.78. The van der Waals surface area contributed by atoms with Crippen LogP contribution in [0.5, 0.6) is 0 Å². The Balaban J connectivity index is 1.82.